The van der Waals surface area contributed by atoms with Gasteiger partial charge in [-0.25, -0.2) is 4.68 Å². The molecule has 0 amide bonds. The third-order valence-corrected chi connectivity index (χ3v) is 6.15. The van der Waals surface area contributed by atoms with Gasteiger partial charge in [0.05, 0.1) is 32.6 Å². The molecule has 0 radical (unpaired) electrons. The average molecular weight is 488 g/mol. The van der Waals surface area contributed by atoms with Crippen LogP contribution in [0.2, 0.25) is 0 Å². The van der Waals surface area contributed by atoms with E-state index in [1.165, 1.54) is 22.3 Å². The van der Waals surface area contributed by atoms with E-state index >= 15 is 0 Å². The number of nitrogens with zero attached hydrogens (tertiary/aromatic N) is 3. The highest BCUT2D eigenvalue weighted by molar-refractivity contribution is 6.04. The fourth-order valence-electron chi connectivity index (χ4n) is 4.40. The summed E-state index contributed by atoms with van der Waals surface area (Å²) in [7, 11) is 0. The minimum absolute atomic E-state index is 0.0185. The number of aliphatic hydroxyl groups is 1. The normalized spacial score (nSPS) is 10.8. The van der Waals surface area contributed by atoms with E-state index in [0.717, 1.165) is 22.4 Å². The third kappa shape index (κ3) is 5.92. The highest BCUT2D eigenvalue weighted by Gasteiger charge is 2.16. The maximum absolute atomic E-state index is 8.85. The summed E-state index contributed by atoms with van der Waals surface area (Å²) in [5, 5.41) is 17.4. The maximum Gasteiger partial charge on any atom is 0.113 e. The van der Waals surface area contributed by atoms with E-state index < -0.39 is 0 Å². The van der Waals surface area contributed by atoms with Crippen molar-refractivity contribution < 1.29 is 9.84 Å². The average Bonchev–Trinajstić information content (AvgIpc) is 3.44. The number of rotatable bonds is 10. The van der Waals surface area contributed by atoms with Crippen LogP contribution in [0.25, 0.3) is 22.4 Å². The summed E-state index contributed by atoms with van der Waals surface area (Å²) in [6.07, 6.45) is 1.92. The van der Waals surface area contributed by atoms with Gasteiger partial charge in [0.15, 0.2) is 0 Å². The fraction of sp³-hybridized carbons (Fsp3) is 0.125. The second kappa shape index (κ2) is 12.1. The Bertz CT molecular complexity index is 1390. The third-order valence-electron chi connectivity index (χ3n) is 6.15. The highest BCUT2D eigenvalue weighted by Crippen LogP contribution is 2.37. The number of benzene rings is 4. The summed E-state index contributed by atoms with van der Waals surface area (Å²) >= 11 is 0. The molecule has 1 heterocycles. The van der Waals surface area contributed by atoms with Crippen LogP contribution in [0.15, 0.2) is 121 Å². The zero-order chi connectivity index (χ0) is 25.3. The lowest BCUT2D eigenvalue weighted by atomic mass is 9.85. The van der Waals surface area contributed by atoms with Gasteiger partial charge in [-0.05, 0) is 33.4 Å². The van der Waals surface area contributed by atoms with E-state index in [-0.39, 0.29) is 6.61 Å². The molecule has 37 heavy (non-hydrogen) atoms. The smallest absolute Gasteiger partial charge is 0.113 e. The minimum atomic E-state index is 0.0185. The van der Waals surface area contributed by atoms with E-state index in [1.807, 2.05) is 12.3 Å². The summed E-state index contributed by atoms with van der Waals surface area (Å²) in [5.74, 6) is 0. The van der Waals surface area contributed by atoms with Crippen LogP contribution >= 0.6 is 0 Å². The van der Waals surface area contributed by atoms with Crippen LogP contribution in [0.3, 0.4) is 0 Å². The first-order valence-electron chi connectivity index (χ1n) is 12.4. The van der Waals surface area contributed by atoms with Gasteiger partial charge in [-0.3, -0.25) is 0 Å². The molecule has 0 saturated carbocycles. The molecule has 0 atom stereocenters. The van der Waals surface area contributed by atoms with E-state index in [9.17, 15) is 0 Å². The Morgan fingerprint density at radius 2 is 1.11 bits per heavy atom. The van der Waals surface area contributed by atoms with Gasteiger partial charge in [0.2, 0.25) is 0 Å². The molecule has 5 heteroatoms. The van der Waals surface area contributed by atoms with Gasteiger partial charge in [0.1, 0.15) is 5.69 Å². The molecule has 0 aliphatic carbocycles. The minimum Gasteiger partial charge on any atom is -0.394 e. The largest absolute Gasteiger partial charge is 0.394 e. The van der Waals surface area contributed by atoms with Gasteiger partial charge in [-0.15, -0.1) is 5.10 Å². The lowest BCUT2D eigenvalue weighted by molar-refractivity contribution is 0.0851. The first-order chi connectivity index (χ1) is 18.3. The number of ether oxygens (including phenoxy) is 1. The molecule has 0 unspecified atom stereocenters. The van der Waals surface area contributed by atoms with Gasteiger partial charge < -0.3 is 9.84 Å². The van der Waals surface area contributed by atoms with Crippen LogP contribution in [0.4, 0.5) is 0 Å². The highest BCUT2D eigenvalue weighted by atomic mass is 16.5. The Hall–Kier alpha value is -4.32. The lowest BCUT2D eigenvalue weighted by Gasteiger charge is -2.18. The molecule has 5 nitrogen and oxygen atoms in total. The summed E-state index contributed by atoms with van der Waals surface area (Å²) in [4.78, 5) is 0. The molecule has 0 aliphatic heterocycles. The number of hydrogen-bond acceptors (Lipinski definition) is 4. The van der Waals surface area contributed by atoms with E-state index in [2.05, 4.69) is 120 Å². The molecule has 0 aliphatic rings. The van der Waals surface area contributed by atoms with Crippen LogP contribution in [-0.4, -0.2) is 39.9 Å². The van der Waals surface area contributed by atoms with E-state index in [4.69, 9.17) is 9.84 Å². The summed E-state index contributed by atoms with van der Waals surface area (Å²) in [6.45, 7) is 1.41. The quantitative estimate of drug-likeness (QED) is 0.195. The van der Waals surface area contributed by atoms with Gasteiger partial charge >= 0.3 is 0 Å². The molecule has 4 aromatic carbocycles. The van der Waals surface area contributed by atoms with Crippen molar-refractivity contribution in [2.45, 2.75) is 6.54 Å². The van der Waals surface area contributed by atoms with Gasteiger partial charge in [-0.2, -0.15) is 0 Å². The van der Waals surface area contributed by atoms with Gasteiger partial charge in [0.25, 0.3) is 0 Å². The summed E-state index contributed by atoms with van der Waals surface area (Å²) < 4.78 is 7.10. The second-order valence-corrected chi connectivity index (χ2v) is 8.63. The summed E-state index contributed by atoms with van der Waals surface area (Å²) in [6, 6.07) is 40.2. The van der Waals surface area contributed by atoms with Crippen molar-refractivity contribution in [3.63, 3.8) is 0 Å². The number of hydrogen-bond donors (Lipinski definition) is 1. The Balaban J connectivity index is 1.56. The van der Waals surface area contributed by atoms with Crippen LogP contribution in [0.5, 0.6) is 0 Å². The van der Waals surface area contributed by atoms with Crippen molar-refractivity contribution >= 4 is 11.1 Å². The SMILES string of the molecule is OCCOCCn1cc(-c2ccc(C(=C(c3ccccc3)c3ccccc3)c3ccccc3)cc2)nn1. The molecule has 1 N–H and O–H groups in total. The van der Waals surface area contributed by atoms with E-state index in [0.29, 0.717) is 19.8 Å². The molecule has 1 aromatic heterocycles. The van der Waals surface area contributed by atoms with Crippen molar-refractivity contribution in [1.29, 1.82) is 0 Å². The molecule has 0 saturated heterocycles. The maximum atomic E-state index is 8.85. The van der Waals surface area contributed by atoms with Crippen LogP contribution in [0.1, 0.15) is 22.3 Å². The van der Waals surface area contributed by atoms with Crippen molar-refractivity contribution in [3.05, 3.63) is 144 Å². The number of aromatic nitrogens is 3. The zero-order valence-electron chi connectivity index (χ0n) is 20.6. The van der Waals surface area contributed by atoms with Crippen molar-refractivity contribution in [3.8, 4) is 11.3 Å². The van der Waals surface area contributed by atoms with Crippen molar-refractivity contribution in [2.24, 2.45) is 0 Å². The first-order valence-corrected chi connectivity index (χ1v) is 12.4. The molecular formula is C32H29N3O2. The van der Waals surface area contributed by atoms with Gasteiger partial charge in [0, 0.05) is 5.56 Å². The van der Waals surface area contributed by atoms with Gasteiger partial charge in [-0.1, -0.05) is 120 Å². The van der Waals surface area contributed by atoms with Crippen molar-refractivity contribution in [2.75, 3.05) is 19.8 Å². The monoisotopic (exact) mass is 487 g/mol. The number of aliphatic hydroxyl groups excluding tert-OH is 1. The lowest BCUT2D eigenvalue weighted by Crippen LogP contribution is -2.08. The molecule has 0 fully saturated rings. The predicted octanol–water partition coefficient (Wildman–Crippen LogP) is 5.96. The van der Waals surface area contributed by atoms with Crippen LogP contribution in [-0.2, 0) is 11.3 Å². The standard InChI is InChI=1S/C32H29N3O2/c36-21-23-37-22-20-35-24-30(33-34-35)25-16-18-29(19-17-25)32(28-14-8-3-9-15-28)31(26-10-4-1-5-11-26)27-12-6-2-7-13-27/h1-19,24,36H,20-23H2. The summed E-state index contributed by atoms with van der Waals surface area (Å²) in [5.41, 5.74) is 8.80. The first kappa shape index (κ1) is 24.4. The molecule has 5 aromatic rings. The molecule has 184 valence electrons. The topological polar surface area (TPSA) is 60.2 Å². The zero-order valence-corrected chi connectivity index (χ0v) is 20.6. The Morgan fingerprint density at radius 3 is 1.59 bits per heavy atom. The van der Waals surface area contributed by atoms with Crippen molar-refractivity contribution in [1.82, 2.24) is 15.0 Å². The Labute approximate surface area is 217 Å². The Kier molecular flexibility index (Phi) is 7.96. The van der Waals surface area contributed by atoms with E-state index in [1.54, 1.807) is 4.68 Å². The molecular weight excluding hydrogens is 458 g/mol. The van der Waals surface area contributed by atoms with Crippen LogP contribution < -0.4 is 0 Å². The molecule has 0 bridgehead atoms. The molecule has 0 spiro atoms. The predicted molar refractivity (Wildman–Crippen MR) is 148 cm³/mol. The second-order valence-electron chi connectivity index (χ2n) is 8.63. The van der Waals surface area contributed by atoms with Crippen LogP contribution in [0, 0.1) is 0 Å². The fourth-order valence-corrected chi connectivity index (χ4v) is 4.40. The Morgan fingerprint density at radius 1 is 0.622 bits per heavy atom. The molecule has 5 rings (SSSR count).